The molecule has 0 amide bonds. The quantitative estimate of drug-likeness (QED) is 0.217. The molecule has 1 fully saturated rings. The van der Waals surface area contributed by atoms with Gasteiger partial charge in [-0.15, -0.1) is 0 Å². The Morgan fingerprint density at radius 1 is 1.21 bits per heavy atom. The molecule has 144 valence electrons. The monoisotopic (exact) mass is 354 g/mol. The third kappa shape index (κ3) is 5.30. The average Bonchev–Trinajstić information content (AvgIpc) is 2.54. The Bertz CT molecular complexity index is 360. The smallest absolute Gasteiger partial charge is 0.176 e. The fraction of sp³-hybridized carbons (Fsp3) is 1.00. The van der Waals surface area contributed by atoms with Crippen LogP contribution >= 0.6 is 0 Å². The maximum atomic E-state index is 10.2. The van der Waals surface area contributed by atoms with Crippen molar-refractivity contribution < 1.29 is 39.7 Å². The average molecular weight is 354 g/mol. The third-order valence-corrected chi connectivity index (χ3v) is 4.02. The summed E-state index contributed by atoms with van der Waals surface area (Å²) in [5.74, 6) is 0. The van der Waals surface area contributed by atoms with Crippen LogP contribution in [-0.2, 0) is 14.2 Å². The summed E-state index contributed by atoms with van der Waals surface area (Å²) in [5, 5.41) is 48.8. The normalized spacial score (nSPS) is 36.1. The second kappa shape index (κ2) is 9.92. The molecule has 1 heterocycles. The van der Waals surface area contributed by atoms with E-state index < -0.39 is 62.2 Å². The molecule has 1 aliphatic heterocycles. The van der Waals surface area contributed by atoms with Crippen LogP contribution in [0.3, 0.4) is 0 Å². The van der Waals surface area contributed by atoms with Gasteiger partial charge in [-0.25, -0.2) is 0 Å². The first kappa shape index (κ1) is 21.6. The van der Waals surface area contributed by atoms with Crippen LogP contribution in [0.5, 0.6) is 0 Å². The molecule has 24 heavy (non-hydrogen) atoms. The van der Waals surface area contributed by atoms with E-state index in [4.69, 9.17) is 30.8 Å². The summed E-state index contributed by atoms with van der Waals surface area (Å²) in [6.45, 7) is 0.566. The van der Waals surface area contributed by atoms with E-state index in [1.807, 2.05) is 0 Å². The van der Waals surface area contributed by atoms with Gasteiger partial charge < -0.3 is 51.2 Å². The number of aliphatic hydroxyl groups is 5. The summed E-state index contributed by atoms with van der Waals surface area (Å²) in [6.07, 6.45) is -7.88. The number of hydrogen-bond donors (Lipinski definition) is 7. The summed E-state index contributed by atoms with van der Waals surface area (Å²) in [6, 6.07) is -1.42. The SMILES string of the molecule is COC1C(CO)OC(OC(C(O)CC(C)N)[C@@H](O)CO)C(N)C1O. The fourth-order valence-electron chi connectivity index (χ4n) is 2.71. The summed E-state index contributed by atoms with van der Waals surface area (Å²) in [5.41, 5.74) is 11.5. The lowest BCUT2D eigenvalue weighted by molar-refractivity contribution is -0.298. The predicted octanol–water partition coefficient (Wildman–Crippen LogP) is -3.76. The third-order valence-electron chi connectivity index (χ3n) is 4.02. The van der Waals surface area contributed by atoms with E-state index in [-0.39, 0.29) is 12.5 Å². The number of hydrogen-bond acceptors (Lipinski definition) is 10. The zero-order chi connectivity index (χ0) is 18.4. The number of methoxy groups -OCH3 is 1. The molecule has 10 heteroatoms. The van der Waals surface area contributed by atoms with Crippen LogP contribution in [0.1, 0.15) is 13.3 Å². The van der Waals surface area contributed by atoms with Crippen molar-refractivity contribution in [3.63, 3.8) is 0 Å². The highest BCUT2D eigenvalue weighted by Gasteiger charge is 2.46. The van der Waals surface area contributed by atoms with E-state index >= 15 is 0 Å². The molecule has 8 unspecified atom stereocenters. The van der Waals surface area contributed by atoms with Gasteiger partial charge in [0.2, 0.25) is 0 Å². The molecule has 0 saturated carbocycles. The standard InChI is InChI=1S/C14H30N2O8/c1-6(15)3-7(19)12(8(20)4-17)24-14-10(16)11(21)13(22-2)9(5-18)23-14/h6-14,17-21H,3-5,15-16H2,1-2H3/t6?,7?,8-,9?,10?,11?,12?,13?,14?/m0/s1. The van der Waals surface area contributed by atoms with Crippen LogP contribution in [0, 0.1) is 0 Å². The van der Waals surface area contributed by atoms with Crippen LogP contribution in [0.2, 0.25) is 0 Å². The molecular formula is C14H30N2O8. The Morgan fingerprint density at radius 3 is 2.29 bits per heavy atom. The zero-order valence-electron chi connectivity index (χ0n) is 13.9. The predicted molar refractivity (Wildman–Crippen MR) is 82.8 cm³/mol. The van der Waals surface area contributed by atoms with E-state index in [1.54, 1.807) is 6.92 Å². The van der Waals surface area contributed by atoms with E-state index in [0.717, 1.165) is 0 Å². The molecule has 0 aromatic rings. The van der Waals surface area contributed by atoms with Gasteiger partial charge in [0, 0.05) is 13.2 Å². The molecule has 0 aromatic carbocycles. The molecule has 9 N–H and O–H groups in total. The molecule has 9 atom stereocenters. The largest absolute Gasteiger partial charge is 0.394 e. The number of nitrogens with two attached hydrogens (primary N) is 2. The zero-order valence-corrected chi connectivity index (χ0v) is 13.9. The molecule has 0 aliphatic carbocycles. The molecule has 0 radical (unpaired) electrons. The molecular weight excluding hydrogens is 324 g/mol. The van der Waals surface area contributed by atoms with Crippen molar-refractivity contribution in [2.24, 2.45) is 11.5 Å². The minimum absolute atomic E-state index is 0.108. The lowest BCUT2D eigenvalue weighted by atomic mass is 9.97. The van der Waals surface area contributed by atoms with Crippen molar-refractivity contribution >= 4 is 0 Å². The Hall–Kier alpha value is -0.400. The van der Waals surface area contributed by atoms with Crippen molar-refractivity contribution in [2.75, 3.05) is 20.3 Å². The highest BCUT2D eigenvalue weighted by atomic mass is 16.7. The maximum absolute atomic E-state index is 10.2. The second-order valence-electron chi connectivity index (χ2n) is 6.12. The van der Waals surface area contributed by atoms with Crippen molar-refractivity contribution in [3.8, 4) is 0 Å². The van der Waals surface area contributed by atoms with Crippen LogP contribution in [0.15, 0.2) is 0 Å². The Morgan fingerprint density at radius 2 is 1.83 bits per heavy atom. The van der Waals surface area contributed by atoms with E-state index in [0.29, 0.717) is 0 Å². The summed E-state index contributed by atoms with van der Waals surface area (Å²) in [7, 11) is 1.35. The minimum Gasteiger partial charge on any atom is -0.394 e. The molecule has 10 nitrogen and oxygen atoms in total. The van der Waals surface area contributed by atoms with Crippen LogP contribution in [0.25, 0.3) is 0 Å². The first-order valence-electron chi connectivity index (χ1n) is 7.87. The van der Waals surface area contributed by atoms with Gasteiger partial charge in [0.1, 0.15) is 30.5 Å². The molecule has 0 aromatic heterocycles. The highest BCUT2D eigenvalue weighted by Crippen LogP contribution is 2.25. The highest BCUT2D eigenvalue weighted by molar-refractivity contribution is 4.93. The summed E-state index contributed by atoms with van der Waals surface area (Å²) < 4.78 is 16.1. The second-order valence-corrected chi connectivity index (χ2v) is 6.12. The van der Waals surface area contributed by atoms with Gasteiger partial charge in [-0.1, -0.05) is 0 Å². The van der Waals surface area contributed by atoms with Gasteiger partial charge in [0.25, 0.3) is 0 Å². The van der Waals surface area contributed by atoms with Crippen molar-refractivity contribution in [1.82, 2.24) is 0 Å². The van der Waals surface area contributed by atoms with Gasteiger partial charge in [0.05, 0.1) is 25.4 Å². The molecule has 0 bridgehead atoms. The fourth-order valence-corrected chi connectivity index (χ4v) is 2.71. The van der Waals surface area contributed by atoms with Crippen molar-refractivity contribution in [2.45, 2.75) is 68.3 Å². The van der Waals surface area contributed by atoms with Gasteiger partial charge in [-0.05, 0) is 13.3 Å². The van der Waals surface area contributed by atoms with E-state index in [2.05, 4.69) is 0 Å². The van der Waals surface area contributed by atoms with Crippen LogP contribution in [0.4, 0.5) is 0 Å². The Kier molecular flexibility index (Phi) is 8.95. The molecule has 1 rings (SSSR count). The lowest BCUT2D eigenvalue weighted by Crippen LogP contribution is -2.64. The first-order chi connectivity index (χ1) is 11.3. The maximum Gasteiger partial charge on any atom is 0.176 e. The summed E-state index contributed by atoms with van der Waals surface area (Å²) in [4.78, 5) is 0. The molecule has 1 aliphatic rings. The Balaban J connectivity index is 2.87. The topological polar surface area (TPSA) is 181 Å². The van der Waals surface area contributed by atoms with Crippen LogP contribution < -0.4 is 11.5 Å². The van der Waals surface area contributed by atoms with Crippen LogP contribution in [-0.4, -0.2) is 101 Å². The Labute approximate surface area is 140 Å². The van der Waals surface area contributed by atoms with Crippen molar-refractivity contribution in [3.05, 3.63) is 0 Å². The number of aliphatic hydroxyl groups excluding tert-OH is 5. The van der Waals surface area contributed by atoms with E-state index in [9.17, 15) is 20.4 Å². The van der Waals surface area contributed by atoms with Gasteiger partial charge in [0.15, 0.2) is 6.29 Å². The van der Waals surface area contributed by atoms with Gasteiger partial charge >= 0.3 is 0 Å². The minimum atomic E-state index is -1.40. The lowest BCUT2D eigenvalue weighted by Gasteiger charge is -2.43. The number of ether oxygens (including phenoxy) is 3. The van der Waals surface area contributed by atoms with Gasteiger partial charge in [-0.3, -0.25) is 0 Å². The first-order valence-corrected chi connectivity index (χ1v) is 7.87. The number of rotatable bonds is 9. The van der Waals surface area contributed by atoms with Gasteiger partial charge in [-0.2, -0.15) is 0 Å². The van der Waals surface area contributed by atoms with E-state index in [1.165, 1.54) is 7.11 Å². The molecule has 1 saturated heterocycles. The molecule has 0 spiro atoms. The summed E-state index contributed by atoms with van der Waals surface area (Å²) >= 11 is 0. The van der Waals surface area contributed by atoms with Crippen molar-refractivity contribution in [1.29, 1.82) is 0 Å².